The van der Waals surface area contributed by atoms with Crippen molar-refractivity contribution in [1.82, 2.24) is 0 Å². The van der Waals surface area contributed by atoms with Crippen molar-refractivity contribution in [2.75, 3.05) is 0 Å². The van der Waals surface area contributed by atoms with Gasteiger partial charge in [0.05, 0.1) is 16.8 Å². The van der Waals surface area contributed by atoms with E-state index in [4.69, 9.17) is 11.6 Å². The Bertz CT molecular complexity index is 204. The number of aliphatic imine (C=N–C) groups is 1. The summed E-state index contributed by atoms with van der Waals surface area (Å²) in [5.41, 5.74) is 1.06. The fourth-order valence-electron chi connectivity index (χ4n) is 1.16. The number of allylic oxidation sites excluding steroid dienone is 1. The molecule has 0 saturated carbocycles. The van der Waals surface area contributed by atoms with E-state index in [1.807, 2.05) is 0 Å². The van der Waals surface area contributed by atoms with Crippen LogP contribution < -0.4 is 0 Å². The zero-order valence-electron chi connectivity index (χ0n) is 7.26. The molecule has 1 unspecified atom stereocenters. The molecule has 1 heterocycles. The fraction of sp³-hybridized carbons (Fsp3) is 0.667. The second-order valence-electron chi connectivity index (χ2n) is 3.31. The highest BCUT2D eigenvalue weighted by Gasteiger charge is 2.14. The summed E-state index contributed by atoms with van der Waals surface area (Å²) in [5.74, 6) is 0.446. The summed E-state index contributed by atoms with van der Waals surface area (Å²) in [7, 11) is 0. The van der Waals surface area contributed by atoms with Gasteiger partial charge >= 0.3 is 0 Å². The van der Waals surface area contributed by atoms with Crippen molar-refractivity contribution in [2.24, 2.45) is 10.9 Å². The Labute approximate surface area is 73.2 Å². The van der Waals surface area contributed by atoms with Crippen LogP contribution in [0, 0.1) is 5.92 Å². The first-order valence-electron chi connectivity index (χ1n) is 4.05. The van der Waals surface area contributed by atoms with E-state index in [9.17, 15) is 0 Å². The summed E-state index contributed by atoms with van der Waals surface area (Å²) in [6.07, 6.45) is 3.05. The first-order valence-corrected chi connectivity index (χ1v) is 4.42. The predicted octanol–water partition coefficient (Wildman–Crippen LogP) is 3.00. The van der Waals surface area contributed by atoms with E-state index in [1.165, 1.54) is 0 Å². The first-order chi connectivity index (χ1) is 5.11. The second-order valence-corrected chi connectivity index (χ2v) is 3.71. The van der Waals surface area contributed by atoms with Crippen LogP contribution in [0.15, 0.2) is 16.1 Å². The number of hydrogen-bond acceptors (Lipinski definition) is 1. The molecule has 1 atom stereocenters. The molecule has 0 aromatic rings. The van der Waals surface area contributed by atoms with Crippen LogP contribution >= 0.6 is 11.6 Å². The molecule has 0 spiro atoms. The molecule has 0 aromatic carbocycles. The summed E-state index contributed by atoms with van der Waals surface area (Å²) in [6, 6.07) is 0.412. The summed E-state index contributed by atoms with van der Waals surface area (Å²) >= 11 is 5.97. The van der Waals surface area contributed by atoms with E-state index < -0.39 is 0 Å². The smallest absolute Gasteiger partial charge is 0.0580 e. The van der Waals surface area contributed by atoms with Gasteiger partial charge in [-0.25, -0.2) is 0 Å². The van der Waals surface area contributed by atoms with Crippen LogP contribution in [0.1, 0.15) is 27.2 Å². The molecule has 1 nitrogen and oxygen atoms in total. The average Bonchev–Trinajstić information content (AvgIpc) is 1.94. The minimum atomic E-state index is 0.412. The Balaban J connectivity index is 2.81. The van der Waals surface area contributed by atoms with Crippen molar-refractivity contribution in [3.63, 3.8) is 0 Å². The van der Waals surface area contributed by atoms with Gasteiger partial charge in [0.1, 0.15) is 0 Å². The Hall–Kier alpha value is -0.300. The summed E-state index contributed by atoms with van der Waals surface area (Å²) in [6.45, 7) is 6.35. The maximum Gasteiger partial charge on any atom is 0.0580 e. The van der Waals surface area contributed by atoms with Gasteiger partial charge in [-0.15, -0.1) is 0 Å². The molecule has 11 heavy (non-hydrogen) atoms. The maximum atomic E-state index is 5.97. The van der Waals surface area contributed by atoms with E-state index in [1.54, 1.807) is 0 Å². The van der Waals surface area contributed by atoms with Crippen LogP contribution in [0.3, 0.4) is 0 Å². The van der Waals surface area contributed by atoms with Crippen LogP contribution in [0.5, 0.6) is 0 Å². The van der Waals surface area contributed by atoms with Gasteiger partial charge in [0.15, 0.2) is 0 Å². The van der Waals surface area contributed by atoms with E-state index in [0.29, 0.717) is 12.0 Å². The summed E-state index contributed by atoms with van der Waals surface area (Å²) < 4.78 is 0. The Morgan fingerprint density at radius 1 is 1.64 bits per heavy atom. The number of halogens is 1. The van der Waals surface area contributed by atoms with E-state index in [2.05, 4.69) is 31.8 Å². The zero-order chi connectivity index (χ0) is 8.43. The van der Waals surface area contributed by atoms with E-state index in [-0.39, 0.29) is 0 Å². The number of hydrogen-bond donors (Lipinski definition) is 0. The third-order valence-corrected chi connectivity index (χ3v) is 2.14. The summed E-state index contributed by atoms with van der Waals surface area (Å²) in [4.78, 5) is 4.48. The highest BCUT2D eigenvalue weighted by Crippen LogP contribution is 2.20. The molecule has 1 aliphatic heterocycles. The van der Waals surface area contributed by atoms with Gasteiger partial charge < -0.3 is 0 Å². The molecule has 0 radical (unpaired) electrons. The molecule has 1 rings (SSSR count). The SMILES string of the molecule is CC1CC=C(Cl)C(C(C)C)=N1. The minimum absolute atomic E-state index is 0.412. The predicted molar refractivity (Wildman–Crippen MR) is 50.3 cm³/mol. The first kappa shape index (κ1) is 8.79. The highest BCUT2D eigenvalue weighted by molar-refractivity contribution is 6.43. The number of nitrogens with zero attached hydrogens (tertiary/aromatic N) is 1. The van der Waals surface area contributed by atoms with Crippen molar-refractivity contribution in [1.29, 1.82) is 0 Å². The monoisotopic (exact) mass is 171 g/mol. The van der Waals surface area contributed by atoms with Crippen molar-refractivity contribution >= 4 is 17.3 Å². The van der Waals surface area contributed by atoms with E-state index >= 15 is 0 Å². The molecule has 62 valence electrons. The van der Waals surface area contributed by atoms with Crippen LogP contribution in [0.2, 0.25) is 0 Å². The van der Waals surface area contributed by atoms with Gasteiger partial charge in [-0.2, -0.15) is 0 Å². The maximum absolute atomic E-state index is 5.97. The van der Waals surface area contributed by atoms with Crippen molar-refractivity contribution in [3.05, 3.63) is 11.1 Å². The van der Waals surface area contributed by atoms with Gasteiger partial charge in [0.2, 0.25) is 0 Å². The molecule has 0 N–H and O–H groups in total. The Morgan fingerprint density at radius 2 is 2.27 bits per heavy atom. The van der Waals surface area contributed by atoms with Crippen LogP contribution in [0.4, 0.5) is 0 Å². The van der Waals surface area contributed by atoms with Gasteiger partial charge in [0, 0.05) is 0 Å². The van der Waals surface area contributed by atoms with Crippen molar-refractivity contribution in [2.45, 2.75) is 33.2 Å². The lowest BCUT2D eigenvalue weighted by Gasteiger charge is -2.17. The van der Waals surface area contributed by atoms with Crippen molar-refractivity contribution < 1.29 is 0 Å². The molecule has 0 aromatic heterocycles. The standard InChI is InChI=1S/C9H14ClN/c1-6(2)9-8(10)5-4-7(3)11-9/h5-7H,4H2,1-3H3. The molecule has 1 aliphatic rings. The topological polar surface area (TPSA) is 12.4 Å². The van der Waals surface area contributed by atoms with Crippen LogP contribution in [-0.4, -0.2) is 11.8 Å². The third-order valence-electron chi connectivity index (χ3n) is 1.79. The van der Waals surface area contributed by atoms with Gasteiger partial charge in [-0.1, -0.05) is 31.5 Å². The minimum Gasteiger partial charge on any atom is -0.285 e. The molecule has 0 amide bonds. The highest BCUT2D eigenvalue weighted by atomic mass is 35.5. The quantitative estimate of drug-likeness (QED) is 0.575. The molecular weight excluding hydrogens is 158 g/mol. The zero-order valence-corrected chi connectivity index (χ0v) is 8.02. The molecule has 0 saturated heterocycles. The third kappa shape index (κ3) is 2.06. The Kier molecular flexibility index (Phi) is 2.72. The molecule has 0 aliphatic carbocycles. The van der Waals surface area contributed by atoms with Gasteiger partial charge in [-0.05, 0) is 19.3 Å². The normalized spacial score (nSPS) is 25.0. The summed E-state index contributed by atoms with van der Waals surface area (Å²) in [5, 5.41) is 0.845. The molecule has 2 heteroatoms. The van der Waals surface area contributed by atoms with Crippen LogP contribution in [-0.2, 0) is 0 Å². The largest absolute Gasteiger partial charge is 0.285 e. The van der Waals surface area contributed by atoms with Gasteiger partial charge in [0.25, 0.3) is 0 Å². The Morgan fingerprint density at radius 3 is 2.73 bits per heavy atom. The number of rotatable bonds is 1. The fourth-order valence-corrected chi connectivity index (χ4v) is 1.51. The molecular formula is C9H14ClN. The lowest BCUT2D eigenvalue weighted by atomic mass is 10.0. The van der Waals surface area contributed by atoms with Gasteiger partial charge in [-0.3, -0.25) is 4.99 Å². The average molecular weight is 172 g/mol. The lowest BCUT2D eigenvalue weighted by molar-refractivity contribution is 0.729. The van der Waals surface area contributed by atoms with Crippen LogP contribution in [0.25, 0.3) is 0 Å². The van der Waals surface area contributed by atoms with E-state index in [0.717, 1.165) is 17.2 Å². The van der Waals surface area contributed by atoms with Crippen molar-refractivity contribution in [3.8, 4) is 0 Å². The second kappa shape index (κ2) is 3.40. The number of dihydropyridines is 1. The molecule has 0 bridgehead atoms. The lowest BCUT2D eigenvalue weighted by Crippen LogP contribution is -2.15. The molecule has 0 fully saturated rings.